The van der Waals surface area contributed by atoms with Crippen molar-refractivity contribution < 1.29 is 4.74 Å². The number of nitrogens with one attached hydrogen (secondary N) is 1. The molecule has 2 rings (SSSR count). The number of hydrogen-bond donors (Lipinski definition) is 1. The Labute approximate surface area is 135 Å². The van der Waals surface area contributed by atoms with E-state index in [2.05, 4.69) is 17.2 Å². The molecule has 0 amide bonds. The lowest BCUT2D eigenvalue weighted by atomic mass is 10.1. The van der Waals surface area contributed by atoms with E-state index in [1.165, 1.54) is 0 Å². The highest BCUT2D eigenvalue weighted by molar-refractivity contribution is 6.31. The summed E-state index contributed by atoms with van der Waals surface area (Å²) in [6.45, 7) is 5.21. The van der Waals surface area contributed by atoms with Gasteiger partial charge in [0.05, 0.1) is 10.7 Å². The highest BCUT2D eigenvalue weighted by Crippen LogP contribution is 2.24. The van der Waals surface area contributed by atoms with Gasteiger partial charge in [0.25, 0.3) is 0 Å². The number of aromatic nitrogens is 1. The van der Waals surface area contributed by atoms with Crippen molar-refractivity contribution in [2.75, 3.05) is 11.9 Å². The summed E-state index contributed by atoms with van der Waals surface area (Å²) in [5.74, 6) is 1.56. The highest BCUT2D eigenvalue weighted by atomic mass is 35.5. The summed E-state index contributed by atoms with van der Waals surface area (Å²) in [5, 5.41) is 4.51. The Morgan fingerprint density at radius 3 is 2.57 bits per heavy atom. The largest absolute Gasteiger partial charge is 0.487 e. The molecular formula is C16H18Cl2N2O. The van der Waals surface area contributed by atoms with E-state index < -0.39 is 0 Å². The molecule has 1 aromatic carbocycles. The molecule has 0 aliphatic carbocycles. The van der Waals surface area contributed by atoms with Gasteiger partial charge in [0, 0.05) is 11.6 Å². The number of halogens is 2. The second kappa shape index (κ2) is 7.53. The Hall–Kier alpha value is -1.45. The molecule has 5 heteroatoms. The maximum Gasteiger partial charge on any atom is 0.132 e. The molecule has 0 unspecified atom stereocenters. The van der Waals surface area contributed by atoms with Crippen LogP contribution in [0.3, 0.4) is 0 Å². The Morgan fingerprint density at radius 2 is 1.86 bits per heavy atom. The standard InChI is InChI=1S/C16H18Cl2N2O/c1-3-11-9-12(5-6-13(11)17)21-10-15-14(18)7-8-16(20-15)19-4-2/h5-9H,3-4,10H2,1-2H3,(H,19,20). The fraction of sp³-hybridized carbons (Fsp3) is 0.312. The van der Waals surface area contributed by atoms with E-state index >= 15 is 0 Å². The van der Waals surface area contributed by atoms with E-state index in [-0.39, 0.29) is 0 Å². The summed E-state index contributed by atoms with van der Waals surface area (Å²) in [6, 6.07) is 9.32. The molecule has 112 valence electrons. The van der Waals surface area contributed by atoms with Gasteiger partial charge in [-0.25, -0.2) is 4.98 Å². The van der Waals surface area contributed by atoms with Gasteiger partial charge in [-0.2, -0.15) is 0 Å². The molecule has 0 spiro atoms. The van der Waals surface area contributed by atoms with E-state index in [0.29, 0.717) is 17.3 Å². The second-order valence-corrected chi connectivity index (χ2v) is 5.37. The predicted octanol–water partition coefficient (Wildman–Crippen LogP) is 4.96. The molecule has 2 aromatic rings. The smallest absolute Gasteiger partial charge is 0.132 e. The van der Waals surface area contributed by atoms with E-state index in [1.807, 2.05) is 37.3 Å². The van der Waals surface area contributed by atoms with Crippen LogP contribution in [0.25, 0.3) is 0 Å². The fourth-order valence-electron chi connectivity index (χ4n) is 1.93. The molecule has 1 aromatic heterocycles. The Bertz CT molecular complexity index is 617. The average molecular weight is 325 g/mol. The fourth-order valence-corrected chi connectivity index (χ4v) is 2.34. The lowest BCUT2D eigenvalue weighted by Crippen LogP contribution is -2.04. The molecular weight excluding hydrogens is 307 g/mol. The van der Waals surface area contributed by atoms with Gasteiger partial charge >= 0.3 is 0 Å². The van der Waals surface area contributed by atoms with Crippen LogP contribution >= 0.6 is 23.2 Å². The number of aryl methyl sites for hydroxylation is 1. The van der Waals surface area contributed by atoms with E-state index in [4.69, 9.17) is 27.9 Å². The summed E-state index contributed by atoms with van der Waals surface area (Å²) in [5.41, 5.74) is 1.78. The third kappa shape index (κ3) is 4.26. The number of hydrogen-bond acceptors (Lipinski definition) is 3. The van der Waals surface area contributed by atoms with Crippen LogP contribution in [0.2, 0.25) is 10.0 Å². The maximum absolute atomic E-state index is 6.16. The SMILES string of the molecule is CCNc1ccc(Cl)c(COc2ccc(Cl)c(CC)c2)n1. The van der Waals surface area contributed by atoms with Gasteiger partial charge in [-0.3, -0.25) is 0 Å². The van der Waals surface area contributed by atoms with Crippen LogP contribution in [0.1, 0.15) is 25.1 Å². The minimum atomic E-state index is 0.322. The van der Waals surface area contributed by atoms with Crippen molar-refractivity contribution in [2.24, 2.45) is 0 Å². The van der Waals surface area contributed by atoms with Crippen LogP contribution in [-0.4, -0.2) is 11.5 Å². The highest BCUT2D eigenvalue weighted by Gasteiger charge is 2.06. The number of rotatable bonds is 6. The molecule has 0 bridgehead atoms. The van der Waals surface area contributed by atoms with Crippen molar-refractivity contribution in [1.29, 1.82) is 0 Å². The molecule has 3 nitrogen and oxygen atoms in total. The molecule has 0 radical (unpaired) electrons. The van der Waals surface area contributed by atoms with Gasteiger partial charge in [-0.1, -0.05) is 30.1 Å². The summed E-state index contributed by atoms with van der Waals surface area (Å²) < 4.78 is 5.77. The van der Waals surface area contributed by atoms with E-state index in [0.717, 1.165) is 35.1 Å². The molecule has 0 saturated carbocycles. The number of pyridine rings is 1. The van der Waals surface area contributed by atoms with Gasteiger partial charge in [0.15, 0.2) is 0 Å². The summed E-state index contributed by atoms with van der Waals surface area (Å²) >= 11 is 12.3. The lowest BCUT2D eigenvalue weighted by Gasteiger charge is -2.11. The minimum absolute atomic E-state index is 0.322. The molecule has 0 aliphatic rings. The zero-order valence-corrected chi connectivity index (χ0v) is 13.6. The number of ether oxygens (including phenoxy) is 1. The van der Waals surface area contributed by atoms with Crippen LogP contribution in [-0.2, 0) is 13.0 Å². The van der Waals surface area contributed by atoms with Gasteiger partial charge in [0.2, 0.25) is 0 Å². The van der Waals surface area contributed by atoms with Crippen LogP contribution < -0.4 is 10.1 Å². The zero-order chi connectivity index (χ0) is 15.2. The molecule has 0 atom stereocenters. The van der Waals surface area contributed by atoms with Crippen molar-refractivity contribution in [3.8, 4) is 5.75 Å². The Balaban J connectivity index is 2.10. The third-order valence-corrected chi connectivity index (χ3v) is 3.76. The topological polar surface area (TPSA) is 34.1 Å². The first kappa shape index (κ1) is 15.9. The van der Waals surface area contributed by atoms with E-state index in [9.17, 15) is 0 Å². The number of nitrogens with zero attached hydrogens (tertiary/aromatic N) is 1. The number of anilines is 1. The first-order valence-corrected chi connectivity index (χ1v) is 7.70. The van der Waals surface area contributed by atoms with Crippen LogP contribution in [0, 0.1) is 0 Å². The van der Waals surface area contributed by atoms with Crippen LogP contribution in [0.4, 0.5) is 5.82 Å². The van der Waals surface area contributed by atoms with Gasteiger partial charge < -0.3 is 10.1 Å². The molecule has 0 aliphatic heterocycles. The van der Waals surface area contributed by atoms with Crippen LogP contribution in [0.5, 0.6) is 5.75 Å². The first-order chi connectivity index (χ1) is 10.1. The van der Waals surface area contributed by atoms with Crippen molar-refractivity contribution in [3.05, 3.63) is 51.6 Å². The van der Waals surface area contributed by atoms with Gasteiger partial charge in [0.1, 0.15) is 18.2 Å². The molecule has 1 N–H and O–H groups in total. The van der Waals surface area contributed by atoms with Crippen molar-refractivity contribution >= 4 is 29.0 Å². The maximum atomic E-state index is 6.16. The van der Waals surface area contributed by atoms with E-state index in [1.54, 1.807) is 0 Å². The molecule has 0 fully saturated rings. The normalized spacial score (nSPS) is 10.5. The minimum Gasteiger partial charge on any atom is -0.487 e. The number of benzene rings is 1. The first-order valence-electron chi connectivity index (χ1n) is 6.94. The zero-order valence-electron chi connectivity index (χ0n) is 12.1. The second-order valence-electron chi connectivity index (χ2n) is 4.55. The molecule has 21 heavy (non-hydrogen) atoms. The monoisotopic (exact) mass is 324 g/mol. The van der Waals surface area contributed by atoms with Gasteiger partial charge in [-0.15, -0.1) is 0 Å². The molecule has 1 heterocycles. The van der Waals surface area contributed by atoms with Crippen molar-refractivity contribution in [2.45, 2.75) is 26.9 Å². The summed E-state index contributed by atoms with van der Waals surface area (Å²) in [6.07, 6.45) is 0.866. The molecule has 0 saturated heterocycles. The third-order valence-electron chi connectivity index (χ3n) is 3.05. The quantitative estimate of drug-likeness (QED) is 0.815. The lowest BCUT2D eigenvalue weighted by molar-refractivity contribution is 0.301. The van der Waals surface area contributed by atoms with Gasteiger partial charge in [-0.05, 0) is 49.2 Å². The Morgan fingerprint density at radius 1 is 1.10 bits per heavy atom. The van der Waals surface area contributed by atoms with Crippen molar-refractivity contribution in [3.63, 3.8) is 0 Å². The Kier molecular flexibility index (Phi) is 5.71. The predicted molar refractivity (Wildman–Crippen MR) is 88.6 cm³/mol. The van der Waals surface area contributed by atoms with Crippen molar-refractivity contribution in [1.82, 2.24) is 4.98 Å². The average Bonchev–Trinajstić information content (AvgIpc) is 2.49. The van der Waals surface area contributed by atoms with Crippen LogP contribution in [0.15, 0.2) is 30.3 Å². The summed E-state index contributed by atoms with van der Waals surface area (Å²) in [4.78, 5) is 4.44. The summed E-state index contributed by atoms with van der Waals surface area (Å²) in [7, 11) is 0.